The number of nitrogens with one attached hydrogen (secondary N) is 1. The third kappa shape index (κ3) is 4.97. The minimum absolute atomic E-state index is 0.0569. The van der Waals surface area contributed by atoms with Crippen molar-refractivity contribution in [2.24, 2.45) is 5.92 Å². The van der Waals surface area contributed by atoms with E-state index in [1.165, 1.54) is 19.3 Å². The molecule has 1 fully saturated rings. The summed E-state index contributed by atoms with van der Waals surface area (Å²) in [4.78, 5) is 10.7. The Balaban J connectivity index is 1.50. The van der Waals surface area contributed by atoms with E-state index in [-0.39, 0.29) is 5.75 Å². The molecule has 36 heavy (non-hydrogen) atoms. The van der Waals surface area contributed by atoms with Crippen LogP contribution in [0.3, 0.4) is 0 Å². The summed E-state index contributed by atoms with van der Waals surface area (Å²) in [6, 6.07) is 12.9. The average molecular weight is 526 g/mol. The van der Waals surface area contributed by atoms with Crippen LogP contribution in [0.25, 0.3) is 33.1 Å². The molecule has 1 saturated heterocycles. The summed E-state index contributed by atoms with van der Waals surface area (Å²) in [6.07, 6.45) is 5.40. The van der Waals surface area contributed by atoms with Crippen molar-refractivity contribution in [3.63, 3.8) is 0 Å². The zero-order chi connectivity index (χ0) is 25.3. The van der Waals surface area contributed by atoms with Crippen LogP contribution in [0.5, 0.6) is 5.75 Å². The van der Waals surface area contributed by atoms with Crippen LogP contribution in [0, 0.1) is 5.92 Å². The Morgan fingerprint density at radius 1 is 1.14 bits per heavy atom. The van der Waals surface area contributed by atoms with Gasteiger partial charge in [0.1, 0.15) is 18.0 Å². The molecule has 5 rings (SSSR count). The highest BCUT2D eigenvalue weighted by molar-refractivity contribution is 7.91. The molecule has 6 nitrogen and oxygen atoms in total. The lowest BCUT2D eigenvalue weighted by molar-refractivity contribution is 0.154. The summed E-state index contributed by atoms with van der Waals surface area (Å²) in [6.45, 7) is 7.68. The van der Waals surface area contributed by atoms with Crippen LogP contribution in [0.15, 0.2) is 53.6 Å². The maximum absolute atomic E-state index is 12.5. The average Bonchev–Trinajstić information content (AvgIpc) is 3.28. The van der Waals surface area contributed by atoms with E-state index in [0.717, 1.165) is 58.7 Å². The molecule has 3 heterocycles. The number of aromatic amines is 1. The van der Waals surface area contributed by atoms with E-state index >= 15 is 0 Å². The van der Waals surface area contributed by atoms with Gasteiger partial charge in [0.2, 0.25) is 0 Å². The number of H-pyrrole nitrogens is 1. The van der Waals surface area contributed by atoms with E-state index in [1.807, 2.05) is 24.3 Å². The number of fused-ring (bicyclic) bond motifs is 3. The molecule has 0 spiro atoms. The first-order chi connectivity index (χ1) is 17.4. The zero-order valence-corrected chi connectivity index (χ0v) is 22.3. The fourth-order valence-electron chi connectivity index (χ4n) is 5.12. The molecule has 8 heteroatoms. The molecule has 1 aliphatic heterocycles. The zero-order valence-electron chi connectivity index (χ0n) is 20.8. The predicted octanol–water partition coefficient (Wildman–Crippen LogP) is 6.33. The summed E-state index contributed by atoms with van der Waals surface area (Å²) in [7, 11) is -3.32. The number of hydrogen-bond donors (Lipinski definition) is 1. The van der Waals surface area contributed by atoms with Crippen LogP contribution in [0.4, 0.5) is 0 Å². The Morgan fingerprint density at radius 2 is 1.94 bits per heavy atom. The SMILES string of the molecule is CCC1CCN(CCOc2ccc(-c3cccc(S(=O)(=O)CC)c3)c3c2[nH]c2ncc(Cl)cc23)CC1. The van der Waals surface area contributed by atoms with Crippen LogP contribution in [-0.2, 0) is 9.84 Å². The van der Waals surface area contributed by atoms with Crippen molar-refractivity contribution in [1.29, 1.82) is 0 Å². The molecule has 0 saturated carbocycles. The lowest BCUT2D eigenvalue weighted by Crippen LogP contribution is -2.36. The lowest BCUT2D eigenvalue weighted by Gasteiger charge is -2.31. The van der Waals surface area contributed by atoms with Crippen molar-refractivity contribution in [3.8, 4) is 16.9 Å². The van der Waals surface area contributed by atoms with E-state index in [0.29, 0.717) is 22.2 Å². The highest BCUT2D eigenvalue weighted by atomic mass is 35.5. The number of likely N-dealkylation sites (tertiary alicyclic amines) is 1. The molecule has 0 amide bonds. The minimum atomic E-state index is -3.32. The molecule has 2 aromatic carbocycles. The van der Waals surface area contributed by atoms with Crippen molar-refractivity contribution in [2.45, 2.75) is 38.0 Å². The van der Waals surface area contributed by atoms with Crippen LogP contribution >= 0.6 is 11.6 Å². The van der Waals surface area contributed by atoms with Crippen molar-refractivity contribution < 1.29 is 13.2 Å². The number of ether oxygens (including phenoxy) is 1. The number of benzene rings is 2. The first kappa shape index (κ1) is 25.1. The molecule has 0 bridgehead atoms. The Morgan fingerprint density at radius 3 is 2.69 bits per heavy atom. The van der Waals surface area contributed by atoms with Crippen molar-refractivity contribution in [1.82, 2.24) is 14.9 Å². The molecule has 1 aliphatic rings. The van der Waals surface area contributed by atoms with E-state index < -0.39 is 9.84 Å². The Bertz CT molecular complexity index is 1490. The van der Waals surface area contributed by atoms with Crippen LogP contribution < -0.4 is 4.74 Å². The number of piperidine rings is 1. The molecular weight excluding hydrogens is 494 g/mol. The van der Waals surface area contributed by atoms with Gasteiger partial charge >= 0.3 is 0 Å². The maximum atomic E-state index is 12.5. The minimum Gasteiger partial charge on any atom is -0.490 e. The summed E-state index contributed by atoms with van der Waals surface area (Å²) in [5, 5.41) is 2.34. The number of pyridine rings is 1. The highest BCUT2D eigenvalue weighted by Crippen LogP contribution is 2.40. The van der Waals surface area contributed by atoms with Gasteiger partial charge in [0.25, 0.3) is 0 Å². The van der Waals surface area contributed by atoms with E-state index in [2.05, 4.69) is 21.8 Å². The number of sulfone groups is 1. The summed E-state index contributed by atoms with van der Waals surface area (Å²) in [5.41, 5.74) is 3.28. The second-order valence-corrected chi connectivity index (χ2v) is 12.2. The molecule has 0 radical (unpaired) electrons. The second kappa shape index (κ2) is 10.4. The Labute approximate surface area is 217 Å². The number of hydrogen-bond acceptors (Lipinski definition) is 5. The largest absolute Gasteiger partial charge is 0.490 e. The van der Waals surface area contributed by atoms with Gasteiger partial charge in [-0.3, -0.25) is 4.90 Å². The third-order valence-electron chi connectivity index (χ3n) is 7.37. The van der Waals surface area contributed by atoms with E-state index in [1.54, 1.807) is 31.3 Å². The Hall–Kier alpha value is -2.61. The Kier molecular flexibility index (Phi) is 7.24. The van der Waals surface area contributed by atoms with Gasteiger partial charge in [0.05, 0.1) is 21.2 Å². The van der Waals surface area contributed by atoms with Gasteiger partial charge in [0.15, 0.2) is 9.84 Å². The first-order valence-corrected chi connectivity index (χ1v) is 14.7. The summed E-state index contributed by atoms with van der Waals surface area (Å²) < 4.78 is 31.4. The molecule has 190 valence electrons. The fraction of sp³-hybridized carbons (Fsp3) is 0.393. The van der Waals surface area contributed by atoms with Crippen molar-refractivity contribution in [3.05, 3.63) is 53.7 Å². The van der Waals surface area contributed by atoms with Gasteiger partial charge in [-0.05, 0) is 73.3 Å². The number of aromatic nitrogens is 2. The quantitative estimate of drug-likeness (QED) is 0.291. The molecule has 4 aromatic rings. The molecule has 0 unspecified atom stereocenters. The summed E-state index contributed by atoms with van der Waals surface area (Å²) >= 11 is 6.32. The number of nitrogens with zero attached hydrogens (tertiary/aromatic N) is 2. The van der Waals surface area contributed by atoms with Crippen molar-refractivity contribution in [2.75, 3.05) is 32.0 Å². The molecule has 1 N–H and O–H groups in total. The molecular formula is C28H32ClN3O3S. The van der Waals surface area contributed by atoms with Gasteiger partial charge in [0, 0.05) is 23.5 Å². The monoisotopic (exact) mass is 525 g/mol. The maximum Gasteiger partial charge on any atom is 0.178 e. The molecule has 2 aromatic heterocycles. The highest BCUT2D eigenvalue weighted by Gasteiger charge is 2.20. The van der Waals surface area contributed by atoms with E-state index in [4.69, 9.17) is 16.3 Å². The van der Waals surface area contributed by atoms with Crippen molar-refractivity contribution >= 4 is 43.4 Å². The van der Waals surface area contributed by atoms with Gasteiger partial charge in [-0.2, -0.15) is 0 Å². The smallest absolute Gasteiger partial charge is 0.178 e. The van der Waals surface area contributed by atoms with E-state index in [9.17, 15) is 8.42 Å². The number of rotatable bonds is 8. The lowest BCUT2D eigenvalue weighted by atomic mass is 9.94. The van der Waals surface area contributed by atoms with Gasteiger partial charge in [-0.1, -0.05) is 44.0 Å². The topological polar surface area (TPSA) is 75.3 Å². The second-order valence-electron chi connectivity index (χ2n) is 9.51. The predicted molar refractivity (Wildman–Crippen MR) is 147 cm³/mol. The van der Waals surface area contributed by atoms with Crippen LogP contribution in [-0.4, -0.2) is 55.3 Å². The third-order valence-corrected chi connectivity index (χ3v) is 9.31. The summed E-state index contributed by atoms with van der Waals surface area (Å²) in [5.74, 6) is 1.66. The fourth-order valence-corrected chi connectivity index (χ4v) is 6.21. The normalized spacial score (nSPS) is 15.6. The standard InChI is InChI=1S/C28H32ClN3O3S/c1-3-19-10-12-32(13-11-19)14-15-35-25-9-8-23(20-6-5-7-22(16-20)36(33,34)4-2)26-24-17-21(29)18-30-28(24)31-27(25)26/h5-9,16-19H,3-4,10-15H2,1-2H3,(H,30,31). The van der Waals surface area contributed by atoms with Gasteiger partial charge in [-0.25, -0.2) is 13.4 Å². The van der Waals surface area contributed by atoms with Crippen LogP contribution in [0.2, 0.25) is 5.02 Å². The number of halogens is 1. The van der Waals surface area contributed by atoms with Crippen LogP contribution in [0.1, 0.15) is 33.1 Å². The molecule has 0 atom stereocenters. The van der Waals surface area contributed by atoms with Gasteiger partial charge in [-0.15, -0.1) is 0 Å². The van der Waals surface area contributed by atoms with Gasteiger partial charge < -0.3 is 9.72 Å². The first-order valence-electron chi connectivity index (χ1n) is 12.7. The molecule has 0 aliphatic carbocycles.